The van der Waals surface area contributed by atoms with Gasteiger partial charge in [-0.25, -0.2) is 4.79 Å². The van der Waals surface area contributed by atoms with Gasteiger partial charge in [-0.2, -0.15) is 0 Å². The van der Waals surface area contributed by atoms with Crippen molar-refractivity contribution < 1.29 is 14.3 Å². The summed E-state index contributed by atoms with van der Waals surface area (Å²) in [5.41, 5.74) is 0.272. The van der Waals surface area contributed by atoms with Crippen LogP contribution in [0.3, 0.4) is 0 Å². The van der Waals surface area contributed by atoms with E-state index < -0.39 is 5.97 Å². The molecule has 0 spiro atoms. The van der Waals surface area contributed by atoms with E-state index in [0.29, 0.717) is 10.9 Å². The van der Waals surface area contributed by atoms with Gasteiger partial charge in [0, 0.05) is 6.04 Å². The van der Waals surface area contributed by atoms with Crippen LogP contribution in [0.25, 0.3) is 0 Å². The summed E-state index contributed by atoms with van der Waals surface area (Å²) in [6.45, 7) is 1.84. The Morgan fingerprint density at radius 1 is 1.23 bits per heavy atom. The number of rotatable bonds is 4. The Kier molecular flexibility index (Phi) is 6.09. The normalized spacial score (nSPS) is 21.2. The maximum absolute atomic E-state index is 11.9. The molecule has 1 saturated carbocycles. The van der Waals surface area contributed by atoms with Gasteiger partial charge in [-0.15, -0.1) is 0 Å². The zero-order chi connectivity index (χ0) is 16.1. The van der Waals surface area contributed by atoms with Crippen molar-refractivity contribution in [1.29, 1.82) is 0 Å². The molecule has 1 N–H and O–H groups in total. The molecule has 1 fully saturated rings. The zero-order valence-corrected chi connectivity index (χ0v) is 13.9. The number of carbonyl (C=O) groups excluding carboxylic acids is 2. The fraction of sp³-hybridized carbons (Fsp3) is 0.500. The molecule has 0 aromatic heterocycles. The van der Waals surface area contributed by atoms with E-state index >= 15 is 0 Å². The van der Waals surface area contributed by atoms with Gasteiger partial charge in [-0.1, -0.05) is 43.0 Å². The molecule has 1 aromatic carbocycles. The Morgan fingerprint density at radius 3 is 2.64 bits per heavy atom. The molecule has 1 aliphatic rings. The second-order valence-electron chi connectivity index (χ2n) is 5.64. The average molecular weight is 344 g/mol. The van der Waals surface area contributed by atoms with Crippen molar-refractivity contribution in [2.75, 3.05) is 6.61 Å². The van der Waals surface area contributed by atoms with Gasteiger partial charge < -0.3 is 10.1 Å². The van der Waals surface area contributed by atoms with Crippen molar-refractivity contribution >= 4 is 35.1 Å². The van der Waals surface area contributed by atoms with Crippen LogP contribution in [0.4, 0.5) is 0 Å². The van der Waals surface area contributed by atoms with E-state index in [9.17, 15) is 9.59 Å². The van der Waals surface area contributed by atoms with Crippen molar-refractivity contribution in [2.45, 2.75) is 38.6 Å². The number of carbonyl (C=O) groups is 2. The predicted molar refractivity (Wildman–Crippen MR) is 86.3 cm³/mol. The molecule has 1 amide bonds. The number of hydrogen-bond acceptors (Lipinski definition) is 3. The number of esters is 1. The smallest absolute Gasteiger partial charge is 0.338 e. The van der Waals surface area contributed by atoms with Crippen LogP contribution in [0.15, 0.2) is 18.2 Å². The first kappa shape index (κ1) is 17.1. The summed E-state index contributed by atoms with van der Waals surface area (Å²) in [6.07, 6.45) is 4.43. The van der Waals surface area contributed by atoms with E-state index in [-0.39, 0.29) is 29.1 Å². The molecule has 1 aliphatic carbocycles. The Balaban J connectivity index is 1.82. The third kappa shape index (κ3) is 4.62. The minimum Gasteiger partial charge on any atom is -0.452 e. The molecule has 0 aliphatic heterocycles. The van der Waals surface area contributed by atoms with Crippen LogP contribution in [0, 0.1) is 5.92 Å². The summed E-state index contributed by atoms with van der Waals surface area (Å²) in [7, 11) is 0. The molecule has 4 nitrogen and oxygen atoms in total. The summed E-state index contributed by atoms with van der Waals surface area (Å²) in [4.78, 5) is 23.7. The van der Waals surface area contributed by atoms with Gasteiger partial charge in [-0.3, -0.25) is 4.79 Å². The molecular weight excluding hydrogens is 325 g/mol. The SMILES string of the molecule is C[C@@H]1CCCC[C@H]1NC(=O)COC(=O)c1ccc(Cl)c(Cl)c1. The maximum atomic E-state index is 11.9. The largest absolute Gasteiger partial charge is 0.452 e. The van der Waals surface area contributed by atoms with Crippen LogP contribution >= 0.6 is 23.2 Å². The lowest BCUT2D eigenvalue weighted by Gasteiger charge is -2.29. The summed E-state index contributed by atoms with van der Waals surface area (Å²) >= 11 is 11.6. The van der Waals surface area contributed by atoms with E-state index in [1.54, 1.807) is 0 Å². The molecule has 0 radical (unpaired) electrons. The highest BCUT2D eigenvalue weighted by molar-refractivity contribution is 6.42. The van der Waals surface area contributed by atoms with Gasteiger partial charge in [0.15, 0.2) is 6.61 Å². The monoisotopic (exact) mass is 343 g/mol. The molecule has 0 saturated heterocycles. The van der Waals surface area contributed by atoms with E-state index in [1.807, 2.05) is 0 Å². The number of benzene rings is 1. The van der Waals surface area contributed by atoms with Crippen LogP contribution in [-0.4, -0.2) is 24.5 Å². The fourth-order valence-electron chi connectivity index (χ4n) is 2.62. The van der Waals surface area contributed by atoms with Crippen LogP contribution in [0.1, 0.15) is 43.0 Å². The molecule has 1 aromatic rings. The van der Waals surface area contributed by atoms with E-state index in [2.05, 4.69) is 12.2 Å². The predicted octanol–water partition coefficient (Wildman–Crippen LogP) is 3.85. The lowest BCUT2D eigenvalue weighted by atomic mass is 9.86. The fourth-order valence-corrected chi connectivity index (χ4v) is 2.91. The molecule has 0 bridgehead atoms. The zero-order valence-electron chi connectivity index (χ0n) is 12.4. The van der Waals surface area contributed by atoms with Gasteiger partial charge in [0.25, 0.3) is 5.91 Å². The highest BCUT2D eigenvalue weighted by atomic mass is 35.5. The summed E-state index contributed by atoms with van der Waals surface area (Å²) < 4.78 is 5.01. The third-order valence-electron chi connectivity index (χ3n) is 3.95. The first-order valence-corrected chi connectivity index (χ1v) is 8.14. The quantitative estimate of drug-likeness (QED) is 0.845. The van der Waals surface area contributed by atoms with Gasteiger partial charge in [0.05, 0.1) is 15.6 Å². The van der Waals surface area contributed by atoms with Crippen molar-refractivity contribution in [2.24, 2.45) is 5.92 Å². The summed E-state index contributed by atoms with van der Waals surface area (Å²) in [5, 5.41) is 3.57. The highest BCUT2D eigenvalue weighted by Crippen LogP contribution is 2.24. The van der Waals surface area contributed by atoms with Crippen molar-refractivity contribution in [1.82, 2.24) is 5.32 Å². The molecule has 0 unspecified atom stereocenters. The molecule has 22 heavy (non-hydrogen) atoms. The van der Waals surface area contributed by atoms with Crippen molar-refractivity contribution in [3.63, 3.8) is 0 Å². The molecule has 2 atom stereocenters. The van der Waals surface area contributed by atoms with Gasteiger partial charge in [0.1, 0.15) is 0 Å². The minimum absolute atomic E-state index is 0.171. The van der Waals surface area contributed by atoms with Gasteiger partial charge >= 0.3 is 5.97 Å². The van der Waals surface area contributed by atoms with Crippen LogP contribution < -0.4 is 5.32 Å². The number of amides is 1. The molecular formula is C16H19Cl2NO3. The lowest BCUT2D eigenvalue weighted by molar-refractivity contribution is -0.125. The lowest BCUT2D eigenvalue weighted by Crippen LogP contribution is -2.42. The second-order valence-corrected chi connectivity index (χ2v) is 6.46. The van der Waals surface area contributed by atoms with E-state index in [1.165, 1.54) is 24.6 Å². The van der Waals surface area contributed by atoms with Crippen molar-refractivity contribution in [3.05, 3.63) is 33.8 Å². The topological polar surface area (TPSA) is 55.4 Å². The van der Waals surface area contributed by atoms with Crippen molar-refractivity contribution in [3.8, 4) is 0 Å². The van der Waals surface area contributed by atoms with E-state index in [4.69, 9.17) is 27.9 Å². The summed E-state index contributed by atoms with van der Waals surface area (Å²) in [5.74, 6) is -0.402. The third-order valence-corrected chi connectivity index (χ3v) is 4.69. The molecule has 2 rings (SSSR count). The van der Waals surface area contributed by atoms with Crippen LogP contribution in [0.5, 0.6) is 0 Å². The van der Waals surface area contributed by atoms with Gasteiger partial charge in [0.2, 0.25) is 0 Å². The van der Waals surface area contributed by atoms with E-state index in [0.717, 1.165) is 19.3 Å². The maximum Gasteiger partial charge on any atom is 0.338 e. The minimum atomic E-state index is -0.592. The standard InChI is InChI=1S/C16H19Cl2NO3/c1-10-4-2-3-5-14(10)19-15(20)9-22-16(21)11-6-7-12(17)13(18)8-11/h6-8,10,14H,2-5,9H2,1H3,(H,19,20)/t10-,14-/m1/s1. The first-order chi connectivity index (χ1) is 10.5. The first-order valence-electron chi connectivity index (χ1n) is 7.39. The molecule has 6 heteroatoms. The Morgan fingerprint density at radius 2 is 1.95 bits per heavy atom. The van der Waals surface area contributed by atoms with Crippen LogP contribution in [0.2, 0.25) is 10.0 Å². The molecule has 120 valence electrons. The second kappa shape index (κ2) is 7.84. The number of nitrogens with one attached hydrogen (secondary N) is 1. The number of hydrogen-bond donors (Lipinski definition) is 1. The highest BCUT2D eigenvalue weighted by Gasteiger charge is 2.23. The average Bonchev–Trinajstić information content (AvgIpc) is 2.50. The summed E-state index contributed by atoms with van der Waals surface area (Å²) in [6, 6.07) is 4.62. The Hall–Kier alpha value is -1.26. The number of halogens is 2. The Labute approximate surface area is 140 Å². The van der Waals surface area contributed by atoms with Crippen LogP contribution in [-0.2, 0) is 9.53 Å². The Bertz CT molecular complexity index is 562. The van der Waals surface area contributed by atoms with Gasteiger partial charge in [-0.05, 0) is 37.0 Å². The molecule has 0 heterocycles. The number of ether oxygens (including phenoxy) is 1.